The van der Waals surface area contributed by atoms with Crippen molar-refractivity contribution in [2.45, 2.75) is 65.4 Å². The van der Waals surface area contributed by atoms with E-state index < -0.39 is 5.60 Å². The molecule has 1 N–H and O–H groups in total. The smallest absolute Gasteiger partial charge is 0.293 e. The van der Waals surface area contributed by atoms with Crippen molar-refractivity contribution in [3.05, 3.63) is 57.3 Å². The number of hydrogen-bond acceptors (Lipinski definition) is 5. The number of hydrogen-bond donors (Lipinski definition) is 1. The number of aromatic hydroxyl groups is 1. The van der Waals surface area contributed by atoms with Crippen molar-refractivity contribution in [3.63, 3.8) is 0 Å². The fourth-order valence-electron chi connectivity index (χ4n) is 3.82. The Morgan fingerprint density at radius 2 is 2.00 bits per heavy atom. The van der Waals surface area contributed by atoms with Gasteiger partial charge in [-0.15, -0.1) is 0 Å². The molecule has 2 atom stereocenters. The molecule has 1 aromatic carbocycles. The molecule has 1 aromatic heterocycles. The molecule has 0 radical (unpaired) electrons. The molecule has 0 spiro atoms. The highest BCUT2D eigenvalue weighted by Crippen LogP contribution is 2.46. The van der Waals surface area contributed by atoms with Gasteiger partial charge in [0.25, 0.3) is 5.95 Å². The lowest BCUT2D eigenvalue weighted by atomic mass is 9.83. The maximum absolute atomic E-state index is 12.9. The van der Waals surface area contributed by atoms with E-state index in [1.807, 2.05) is 34.6 Å². The maximum atomic E-state index is 12.9. The lowest BCUT2D eigenvalue weighted by molar-refractivity contribution is -0.114. The second-order valence-corrected chi connectivity index (χ2v) is 8.40. The summed E-state index contributed by atoms with van der Waals surface area (Å²) >= 11 is 0. The summed E-state index contributed by atoms with van der Waals surface area (Å²) < 4.78 is 11.9. The summed E-state index contributed by atoms with van der Waals surface area (Å²) in [4.78, 5) is 24.9. The van der Waals surface area contributed by atoms with E-state index in [2.05, 4.69) is 6.08 Å². The Morgan fingerprint density at radius 1 is 1.28 bits per heavy atom. The van der Waals surface area contributed by atoms with Crippen LogP contribution in [0, 0.1) is 0 Å². The lowest BCUT2D eigenvalue weighted by Gasteiger charge is -2.27. The molecule has 154 valence electrons. The van der Waals surface area contributed by atoms with Gasteiger partial charge < -0.3 is 14.3 Å². The number of carbonyl (C=O) groups is 1. The fourth-order valence-corrected chi connectivity index (χ4v) is 3.82. The van der Waals surface area contributed by atoms with Crippen molar-refractivity contribution in [1.82, 2.24) is 0 Å². The van der Waals surface area contributed by atoms with E-state index >= 15 is 0 Å². The van der Waals surface area contributed by atoms with E-state index in [4.69, 9.17) is 9.15 Å². The van der Waals surface area contributed by atoms with E-state index in [0.717, 1.165) is 17.6 Å². The normalized spacial score (nSPS) is 21.0. The minimum atomic E-state index is -0.578. The zero-order valence-corrected chi connectivity index (χ0v) is 17.7. The SMILES string of the molecule is CC(C)=CC(=O)C/C(C)=C/CC[C@]1(C)Oc2oc3cc(O)ccc3c(=O)c2[C@H]1C. The van der Waals surface area contributed by atoms with E-state index in [1.54, 1.807) is 12.1 Å². The van der Waals surface area contributed by atoms with Gasteiger partial charge in [0.05, 0.1) is 10.9 Å². The van der Waals surface area contributed by atoms with E-state index in [0.29, 0.717) is 29.4 Å². The number of phenols is 1. The molecular formula is C24H28O5. The van der Waals surface area contributed by atoms with Crippen LogP contribution in [0.3, 0.4) is 0 Å². The summed E-state index contributed by atoms with van der Waals surface area (Å²) in [5, 5.41) is 10.1. The Bertz CT molecular complexity index is 1070. The number of benzene rings is 1. The summed E-state index contributed by atoms with van der Waals surface area (Å²) in [7, 11) is 0. The number of ether oxygens (including phenoxy) is 1. The van der Waals surface area contributed by atoms with Gasteiger partial charge >= 0.3 is 0 Å². The molecule has 0 bridgehead atoms. The minimum absolute atomic E-state index is 0.0395. The minimum Gasteiger partial charge on any atom is -0.508 e. The molecule has 0 unspecified atom stereocenters. The van der Waals surface area contributed by atoms with Gasteiger partial charge in [-0.25, -0.2) is 0 Å². The van der Waals surface area contributed by atoms with Crippen molar-refractivity contribution in [2.75, 3.05) is 0 Å². The second-order valence-electron chi connectivity index (χ2n) is 8.40. The van der Waals surface area contributed by atoms with Crippen LogP contribution >= 0.6 is 0 Å². The fraction of sp³-hybridized carbons (Fsp3) is 0.417. The molecule has 0 aliphatic carbocycles. The first kappa shape index (κ1) is 20.9. The van der Waals surface area contributed by atoms with E-state index in [1.165, 1.54) is 12.1 Å². The summed E-state index contributed by atoms with van der Waals surface area (Å²) in [5.41, 5.74) is 2.19. The number of fused-ring (bicyclic) bond motifs is 2. The topological polar surface area (TPSA) is 76.7 Å². The average Bonchev–Trinajstić information content (AvgIpc) is 2.84. The van der Waals surface area contributed by atoms with E-state index in [9.17, 15) is 14.7 Å². The third-order valence-electron chi connectivity index (χ3n) is 5.59. The number of carbonyl (C=O) groups excluding carboxylic acids is 1. The van der Waals surface area contributed by atoms with Gasteiger partial charge in [0, 0.05) is 18.4 Å². The zero-order valence-electron chi connectivity index (χ0n) is 17.7. The Labute approximate surface area is 170 Å². The molecule has 5 nitrogen and oxygen atoms in total. The number of rotatable bonds is 6. The van der Waals surface area contributed by atoms with Crippen LogP contribution in [0.15, 0.2) is 50.7 Å². The first-order chi connectivity index (χ1) is 13.6. The van der Waals surface area contributed by atoms with Gasteiger partial charge in [-0.2, -0.15) is 0 Å². The molecule has 1 aliphatic heterocycles. The van der Waals surface area contributed by atoms with Gasteiger partial charge in [0.2, 0.25) is 0 Å². The monoisotopic (exact) mass is 396 g/mol. The molecule has 0 saturated heterocycles. The third-order valence-corrected chi connectivity index (χ3v) is 5.59. The summed E-state index contributed by atoms with van der Waals surface area (Å²) in [6, 6.07) is 4.49. The average molecular weight is 396 g/mol. The lowest BCUT2D eigenvalue weighted by Crippen LogP contribution is -2.33. The highest BCUT2D eigenvalue weighted by atomic mass is 16.6. The highest BCUT2D eigenvalue weighted by molar-refractivity contribution is 5.91. The quantitative estimate of drug-likeness (QED) is 0.522. The van der Waals surface area contributed by atoms with Gasteiger partial charge in [-0.1, -0.05) is 24.1 Å². The van der Waals surface area contributed by atoms with Gasteiger partial charge in [0.1, 0.15) is 16.9 Å². The first-order valence-corrected chi connectivity index (χ1v) is 9.93. The molecule has 29 heavy (non-hydrogen) atoms. The molecule has 5 heteroatoms. The Hall–Kier alpha value is -2.82. The Morgan fingerprint density at radius 3 is 2.69 bits per heavy atom. The molecule has 0 fully saturated rings. The standard InChI is InChI=1S/C24H28O5/c1-14(2)11-18(26)12-15(3)7-6-10-24(5)16(4)21-22(27)19-9-8-17(25)13-20(19)28-23(21)29-24/h7-9,11,13,16,25H,6,10,12H2,1-5H3/b15-7+/t16-,24+/m1/s1. The van der Waals surface area contributed by atoms with Crippen LogP contribution < -0.4 is 10.2 Å². The molecule has 1 aliphatic rings. The largest absolute Gasteiger partial charge is 0.508 e. The van der Waals surface area contributed by atoms with Crippen molar-refractivity contribution < 1.29 is 19.1 Å². The maximum Gasteiger partial charge on any atom is 0.293 e. The predicted molar refractivity (Wildman–Crippen MR) is 114 cm³/mol. The third kappa shape index (κ3) is 4.29. The van der Waals surface area contributed by atoms with Crippen LogP contribution in [-0.4, -0.2) is 16.5 Å². The first-order valence-electron chi connectivity index (χ1n) is 9.93. The van der Waals surface area contributed by atoms with E-state index in [-0.39, 0.29) is 28.8 Å². The second kappa shape index (κ2) is 7.90. The highest BCUT2D eigenvalue weighted by Gasteiger charge is 2.45. The molecule has 3 rings (SSSR count). The van der Waals surface area contributed by atoms with Crippen molar-refractivity contribution in [2.24, 2.45) is 0 Å². The van der Waals surface area contributed by atoms with Crippen LogP contribution in [-0.2, 0) is 4.79 Å². The van der Waals surface area contributed by atoms with Crippen LogP contribution in [0.2, 0.25) is 0 Å². The number of phenolic OH excluding ortho intramolecular Hbond substituents is 1. The Kier molecular flexibility index (Phi) is 5.69. The predicted octanol–water partition coefficient (Wildman–Crippen LogP) is 5.41. The molecule has 2 aromatic rings. The van der Waals surface area contributed by atoms with Gasteiger partial charge in [0.15, 0.2) is 11.2 Å². The molecule has 0 amide bonds. The summed E-state index contributed by atoms with van der Waals surface area (Å²) in [6.45, 7) is 9.73. The number of allylic oxidation sites excluding steroid dienone is 4. The van der Waals surface area contributed by atoms with Crippen LogP contribution in [0.25, 0.3) is 11.0 Å². The van der Waals surface area contributed by atoms with Gasteiger partial charge in [-0.05, 0) is 58.7 Å². The van der Waals surface area contributed by atoms with Crippen LogP contribution in [0.5, 0.6) is 11.7 Å². The molecular weight excluding hydrogens is 368 g/mol. The number of ketones is 1. The van der Waals surface area contributed by atoms with Gasteiger partial charge in [-0.3, -0.25) is 9.59 Å². The Balaban J connectivity index is 1.77. The van der Waals surface area contributed by atoms with Crippen LogP contribution in [0.4, 0.5) is 0 Å². The van der Waals surface area contributed by atoms with Crippen molar-refractivity contribution in [3.8, 4) is 11.7 Å². The molecule has 0 saturated carbocycles. The van der Waals surface area contributed by atoms with Crippen molar-refractivity contribution in [1.29, 1.82) is 0 Å². The summed E-state index contributed by atoms with van der Waals surface area (Å²) in [6.07, 6.45) is 5.56. The zero-order chi connectivity index (χ0) is 21.3. The molecule has 2 heterocycles. The van der Waals surface area contributed by atoms with Crippen LogP contribution in [0.1, 0.15) is 65.4 Å². The summed E-state index contributed by atoms with van der Waals surface area (Å²) in [5.74, 6) is 0.251. The van der Waals surface area contributed by atoms with Crippen molar-refractivity contribution >= 4 is 16.8 Å².